The van der Waals surface area contributed by atoms with Crippen molar-refractivity contribution in [1.29, 1.82) is 0 Å². The number of rotatable bonds is 7. The Bertz CT molecular complexity index is 566. The van der Waals surface area contributed by atoms with Gasteiger partial charge in [0, 0.05) is 12.0 Å². The second-order valence-electron chi connectivity index (χ2n) is 5.68. The Morgan fingerprint density at radius 1 is 1.33 bits per heavy atom. The Hall–Kier alpha value is -1.88. The van der Waals surface area contributed by atoms with Crippen LogP contribution >= 0.6 is 0 Å². The van der Waals surface area contributed by atoms with Crippen LogP contribution in [0, 0.1) is 11.8 Å². The SMILES string of the molecule is COc1cccc(-c2noc(CC(CN)CC(C)C)n2)c1. The molecule has 1 aromatic heterocycles. The molecule has 0 aliphatic carbocycles. The van der Waals surface area contributed by atoms with Gasteiger partial charge < -0.3 is 15.0 Å². The van der Waals surface area contributed by atoms with Crippen molar-refractivity contribution in [3.63, 3.8) is 0 Å². The summed E-state index contributed by atoms with van der Waals surface area (Å²) in [5, 5.41) is 4.05. The molecule has 0 bridgehead atoms. The lowest BCUT2D eigenvalue weighted by atomic mass is 9.94. The first-order valence-corrected chi connectivity index (χ1v) is 7.29. The molecule has 5 nitrogen and oxygen atoms in total. The number of hydrogen-bond donors (Lipinski definition) is 1. The van der Waals surface area contributed by atoms with Gasteiger partial charge in [0.05, 0.1) is 7.11 Å². The molecule has 0 aliphatic heterocycles. The largest absolute Gasteiger partial charge is 0.497 e. The molecule has 0 saturated heterocycles. The van der Waals surface area contributed by atoms with E-state index in [4.69, 9.17) is 15.0 Å². The van der Waals surface area contributed by atoms with E-state index in [1.165, 1.54) is 0 Å². The maximum Gasteiger partial charge on any atom is 0.227 e. The highest BCUT2D eigenvalue weighted by molar-refractivity contribution is 5.56. The van der Waals surface area contributed by atoms with Crippen molar-refractivity contribution in [3.05, 3.63) is 30.2 Å². The zero-order valence-corrected chi connectivity index (χ0v) is 12.9. The Morgan fingerprint density at radius 2 is 2.14 bits per heavy atom. The summed E-state index contributed by atoms with van der Waals surface area (Å²) < 4.78 is 10.6. The second kappa shape index (κ2) is 7.22. The fourth-order valence-corrected chi connectivity index (χ4v) is 2.39. The van der Waals surface area contributed by atoms with E-state index in [0.29, 0.717) is 30.1 Å². The molecule has 0 fully saturated rings. The van der Waals surface area contributed by atoms with Crippen LogP contribution in [-0.4, -0.2) is 23.8 Å². The predicted molar refractivity (Wildman–Crippen MR) is 82.0 cm³/mol. The van der Waals surface area contributed by atoms with Gasteiger partial charge in [-0.05, 0) is 36.9 Å². The van der Waals surface area contributed by atoms with Gasteiger partial charge in [-0.2, -0.15) is 4.98 Å². The predicted octanol–water partition coefficient (Wildman–Crippen LogP) is 2.91. The molecule has 2 rings (SSSR count). The molecule has 0 spiro atoms. The summed E-state index contributed by atoms with van der Waals surface area (Å²) >= 11 is 0. The first kappa shape index (κ1) is 15.5. The van der Waals surface area contributed by atoms with Crippen LogP contribution in [-0.2, 0) is 6.42 Å². The number of aromatic nitrogens is 2. The molecular formula is C16H23N3O2. The summed E-state index contributed by atoms with van der Waals surface area (Å²) in [5.74, 6) is 2.99. The third-order valence-electron chi connectivity index (χ3n) is 3.40. The van der Waals surface area contributed by atoms with Crippen LogP contribution in [0.4, 0.5) is 0 Å². The number of ether oxygens (including phenoxy) is 1. The molecule has 114 valence electrons. The van der Waals surface area contributed by atoms with Crippen LogP contribution in [0.2, 0.25) is 0 Å². The van der Waals surface area contributed by atoms with Crippen LogP contribution in [0.15, 0.2) is 28.8 Å². The Kier molecular flexibility index (Phi) is 5.33. The maximum atomic E-state index is 5.82. The highest BCUT2D eigenvalue weighted by Crippen LogP contribution is 2.22. The van der Waals surface area contributed by atoms with Crippen molar-refractivity contribution in [1.82, 2.24) is 10.1 Å². The molecule has 1 heterocycles. The lowest BCUT2D eigenvalue weighted by Gasteiger charge is -2.14. The zero-order chi connectivity index (χ0) is 15.2. The van der Waals surface area contributed by atoms with Gasteiger partial charge in [-0.25, -0.2) is 0 Å². The van der Waals surface area contributed by atoms with Crippen LogP contribution in [0.25, 0.3) is 11.4 Å². The van der Waals surface area contributed by atoms with Crippen molar-refractivity contribution < 1.29 is 9.26 Å². The van der Waals surface area contributed by atoms with E-state index in [1.807, 2.05) is 24.3 Å². The Balaban J connectivity index is 2.10. The number of hydrogen-bond acceptors (Lipinski definition) is 5. The minimum absolute atomic E-state index is 0.378. The first-order chi connectivity index (χ1) is 10.1. The fraction of sp³-hybridized carbons (Fsp3) is 0.500. The van der Waals surface area contributed by atoms with Gasteiger partial charge in [0.25, 0.3) is 0 Å². The highest BCUT2D eigenvalue weighted by atomic mass is 16.5. The van der Waals surface area contributed by atoms with Crippen molar-refractivity contribution in [2.45, 2.75) is 26.7 Å². The summed E-state index contributed by atoms with van der Waals surface area (Å²) in [6.45, 7) is 5.02. The van der Waals surface area contributed by atoms with Crippen LogP contribution in [0.5, 0.6) is 5.75 Å². The summed E-state index contributed by atoms with van der Waals surface area (Å²) in [6, 6.07) is 7.62. The van der Waals surface area contributed by atoms with Crippen molar-refractivity contribution >= 4 is 0 Å². The van der Waals surface area contributed by atoms with Crippen LogP contribution in [0.3, 0.4) is 0 Å². The smallest absolute Gasteiger partial charge is 0.227 e. The van der Waals surface area contributed by atoms with E-state index < -0.39 is 0 Å². The van der Waals surface area contributed by atoms with Gasteiger partial charge in [-0.3, -0.25) is 0 Å². The van der Waals surface area contributed by atoms with Crippen LogP contribution in [0.1, 0.15) is 26.2 Å². The third-order valence-corrected chi connectivity index (χ3v) is 3.40. The molecule has 1 unspecified atom stereocenters. The van der Waals surface area contributed by atoms with Gasteiger partial charge in [0.15, 0.2) is 0 Å². The standard InChI is InChI=1S/C16H23N3O2/c1-11(2)7-12(10-17)8-15-18-16(19-21-15)13-5-4-6-14(9-13)20-3/h4-6,9,11-12H,7-8,10,17H2,1-3H3. The lowest BCUT2D eigenvalue weighted by molar-refractivity contribution is 0.332. The molecule has 0 saturated carbocycles. The van der Waals surface area contributed by atoms with Gasteiger partial charge in [-0.1, -0.05) is 31.1 Å². The molecule has 2 aromatic rings. The minimum Gasteiger partial charge on any atom is -0.497 e. The Morgan fingerprint density at radius 3 is 2.81 bits per heavy atom. The van der Waals surface area contributed by atoms with E-state index in [0.717, 1.165) is 24.2 Å². The lowest BCUT2D eigenvalue weighted by Crippen LogP contribution is -2.19. The van der Waals surface area contributed by atoms with E-state index in [2.05, 4.69) is 24.0 Å². The first-order valence-electron chi connectivity index (χ1n) is 7.29. The molecule has 5 heteroatoms. The molecule has 0 radical (unpaired) electrons. The summed E-state index contributed by atoms with van der Waals surface area (Å²) in [4.78, 5) is 4.46. The molecule has 2 N–H and O–H groups in total. The van der Waals surface area contributed by atoms with Crippen molar-refractivity contribution in [3.8, 4) is 17.1 Å². The third kappa shape index (κ3) is 4.29. The van der Waals surface area contributed by atoms with E-state index in [-0.39, 0.29) is 0 Å². The monoisotopic (exact) mass is 289 g/mol. The molecule has 1 aromatic carbocycles. The second-order valence-corrected chi connectivity index (χ2v) is 5.68. The average Bonchev–Trinajstić information content (AvgIpc) is 2.94. The van der Waals surface area contributed by atoms with Gasteiger partial charge in [0.1, 0.15) is 5.75 Å². The van der Waals surface area contributed by atoms with E-state index in [1.54, 1.807) is 7.11 Å². The summed E-state index contributed by atoms with van der Waals surface area (Å²) in [5.41, 5.74) is 6.70. The molecule has 0 aliphatic rings. The average molecular weight is 289 g/mol. The molecule has 21 heavy (non-hydrogen) atoms. The highest BCUT2D eigenvalue weighted by Gasteiger charge is 2.15. The van der Waals surface area contributed by atoms with E-state index >= 15 is 0 Å². The quantitative estimate of drug-likeness (QED) is 0.848. The number of benzene rings is 1. The van der Waals surface area contributed by atoms with Gasteiger partial charge in [-0.15, -0.1) is 0 Å². The Labute approximate surface area is 125 Å². The topological polar surface area (TPSA) is 74.2 Å². The number of nitrogens with two attached hydrogens (primary N) is 1. The summed E-state index contributed by atoms with van der Waals surface area (Å²) in [6.07, 6.45) is 1.79. The fourth-order valence-electron chi connectivity index (χ4n) is 2.39. The van der Waals surface area contributed by atoms with Crippen molar-refractivity contribution in [2.24, 2.45) is 17.6 Å². The van der Waals surface area contributed by atoms with Gasteiger partial charge >= 0.3 is 0 Å². The van der Waals surface area contributed by atoms with E-state index in [9.17, 15) is 0 Å². The molecule has 1 atom stereocenters. The number of methoxy groups -OCH3 is 1. The maximum absolute atomic E-state index is 5.82. The van der Waals surface area contributed by atoms with Gasteiger partial charge in [0.2, 0.25) is 11.7 Å². The minimum atomic E-state index is 0.378. The number of nitrogens with zero attached hydrogens (tertiary/aromatic N) is 2. The van der Waals surface area contributed by atoms with Crippen molar-refractivity contribution in [2.75, 3.05) is 13.7 Å². The molecular weight excluding hydrogens is 266 g/mol. The summed E-state index contributed by atoms with van der Waals surface area (Å²) in [7, 11) is 1.64. The van der Waals surface area contributed by atoms with Crippen LogP contribution < -0.4 is 10.5 Å². The molecule has 0 amide bonds. The zero-order valence-electron chi connectivity index (χ0n) is 12.9. The normalized spacial score (nSPS) is 12.6.